The summed E-state index contributed by atoms with van der Waals surface area (Å²) in [6, 6.07) is 4.80. The lowest BCUT2D eigenvalue weighted by Crippen LogP contribution is -2.34. The first-order valence-electron chi connectivity index (χ1n) is 6.40. The van der Waals surface area contributed by atoms with Crippen molar-refractivity contribution in [3.8, 4) is 5.75 Å². The molecule has 0 aliphatic heterocycles. The van der Waals surface area contributed by atoms with Crippen molar-refractivity contribution >= 4 is 10.0 Å². The summed E-state index contributed by atoms with van der Waals surface area (Å²) in [7, 11) is -3.48. The van der Waals surface area contributed by atoms with Gasteiger partial charge in [-0.15, -0.1) is 0 Å². The van der Waals surface area contributed by atoms with Gasteiger partial charge in [0.2, 0.25) is 10.0 Å². The van der Waals surface area contributed by atoms with Crippen LogP contribution in [-0.2, 0) is 16.6 Å². The summed E-state index contributed by atoms with van der Waals surface area (Å²) in [6.45, 7) is 4.55. The van der Waals surface area contributed by atoms with Crippen molar-refractivity contribution in [2.45, 2.75) is 43.7 Å². The molecular formula is C13H20N2O3S. The molecule has 1 aromatic rings. The van der Waals surface area contributed by atoms with Crippen LogP contribution in [0.2, 0.25) is 0 Å². The third-order valence-electron chi connectivity index (χ3n) is 3.24. The van der Waals surface area contributed by atoms with Gasteiger partial charge in [0, 0.05) is 17.6 Å². The zero-order valence-corrected chi connectivity index (χ0v) is 12.1. The molecule has 0 radical (unpaired) electrons. The Balaban J connectivity index is 2.29. The number of nitrogens with one attached hydrogen (secondary N) is 1. The summed E-state index contributed by atoms with van der Waals surface area (Å²) in [5.41, 5.74) is 6.06. The minimum Gasteiger partial charge on any atom is -0.494 e. The summed E-state index contributed by atoms with van der Waals surface area (Å²) in [5, 5.41) is 0. The van der Waals surface area contributed by atoms with Crippen molar-refractivity contribution in [3.05, 3.63) is 23.8 Å². The molecule has 1 aliphatic rings. The molecule has 0 amide bonds. The number of ether oxygens (including phenoxy) is 1. The number of benzene rings is 1. The van der Waals surface area contributed by atoms with Crippen LogP contribution in [0.3, 0.4) is 0 Å². The van der Waals surface area contributed by atoms with Crippen LogP contribution in [-0.4, -0.2) is 20.6 Å². The van der Waals surface area contributed by atoms with Gasteiger partial charge in [-0.05, 0) is 44.9 Å². The van der Waals surface area contributed by atoms with E-state index >= 15 is 0 Å². The van der Waals surface area contributed by atoms with Crippen LogP contribution < -0.4 is 15.2 Å². The maximum absolute atomic E-state index is 12.2. The average molecular weight is 284 g/mol. The van der Waals surface area contributed by atoms with Crippen LogP contribution in [0.25, 0.3) is 0 Å². The molecule has 0 aromatic heterocycles. The number of hydrogen-bond acceptors (Lipinski definition) is 4. The standard InChI is InChI=1S/C13H20N2O3S/c1-3-18-12-5-4-11(8-10(12)9-14)19(16,17)15-13(2)6-7-13/h4-5,8,15H,3,6-7,9,14H2,1-2H3. The van der Waals surface area contributed by atoms with Crippen LogP contribution >= 0.6 is 0 Å². The van der Waals surface area contributed by atoms with Crippen molar-refractivity contribution in [1.29, 1.82) is 0 Å². The van der Waals surface area contributed by atoms with Gasteiger partial charge in [0.25, 0.3) is 0 Å². The normalized spacial score (nSPS) is 17.2. The second-order valence-electron chi connectivity index (χ2n) is 5.07. The second kappa shape index (κ2) is 5.11. The molecule has 2 rings (SSSR count). The lowest BCUT2D eigenvalue weighted by Gasteiger charge is -2.14. The van der Waals surface area contributed by atoms with Gasteiger partial charge in [0.05, 0.1) is 11.5 Å². The van der Waals surface area contributed by atoms with Gasteiger partial charge in [-0.3, -0.25) is 0 Å². The van der Waals surface area contributed by atoms with E-state index < -0.39 is 10.0 Å². The predicted octanol–water partition coefficient (Wildman–Crippen LogP) is 1.37. The SMILES string of the molecule is CCOc1ccc(S(=O)(=O)NC2(C)CC2)cc1CN. The average Bonchev–Trinajstić information content (AvgIpc) is 3.06. The molecule has 19 heavy (non-hydrogen) atoms. The van der Waals surface area contributed by atoms with Crippen LogP contribution in [0.4, 0.5) is 0 Å². The Bertz CT molecular complexity index is 565. The number of nitrogens with two attached hydrogens (primary N) is 1. The highest BCUT2D eigenvalue weighted by atomic mass is 32.2. The Hall–Kier alpha value is -1.11. The smallest absolute Gasteiger partial charge is 0.241 e. The summed E-state index contributed by atoms with van der Waals surface area (Å²) >= 11 is 0. The Morgan fingerprint density at radius 2 is 2.11 bits per heavy atom. The second-order valence-corrected chi connectivity index (χ2v) is 6.76. The Labute approximate surface area is 114 Å². The highest BCUT2D eigenvalue weighted by Gasteiger charge is 2.41. The summed E-state index contributed by atoms with van der Waals surface area (Å²) < 4.78 is 32.6. The van der Waals surface area contributed by atoms with Gasteiger partial charge in [-0.1, -0.05) is 0 Å². The molecule has 1 saturated carbocycles. The highest BCUT2D eigenvalue weighted by Crippen LogP contribution is 2.36. The molecule has 0 atom stereocenters. The molecule has 0 spiro atoms. The fourth-order valence-electron chi connectivity index (χ4n) is 1.85. The zero-order chi connectivity index (χ0) is 14.1. The molecule has 0 bridgehead atoms. The molecule has 3 N–H and O–H groups in total. The summed E-state index contributed by atoms with van der Waals surface area (Å²) in [4.78, 5) is 0.240. The Morgan fingerprint density at radius 1 is 1.42 bits per heavy atom. The predicted molar refractivity (Wildman–Crippen MR) is 73.5 cm³/mol. The van der Waals surface area contributed by atoms with Gasteiger partial charge in [-0.25, -0.2) is 13.1 Å². The van der Waals surface area contributed by atoms with E-state index in [1.165, 1.54) is 0 Å². The minimum absolute atomic E-state index is 0.240. The molecule has 0 heterocycles. The molecule has 0 unspecified atom stereocenters. The van der Waals surface area contributed by atoms with Crippen molar-refractivity contribution in [2.24, 2.45) is 5.73 Å². The Morgan fingerprint density at radius 3 is 2.63 bits per heavy atom. The van der Waals surface area contributed by atoms with E-state index in [0.717, 1.165) is 12.8 Å². The molecular weight excluding hydrogens is 264 g/mol. The van der Waals surface area contributed by atoms with Crippen molar-refractivity contribution in [3.63, 3.8) is 0 Å². The maximum atomic E-state index is 12.2. The van der Waals surface area contributed by atoms with Crippen LogP contribution in [0.15, 0.2) is 23.1 Å². The monoisotopic (exact) mass is 284 g/mol. The lowest BCUT2D eigenvalue weighted by molar-refractivity contribution is 0.336. The van der Waals surface area contributed by atoms with E-state index in [1.807, 2.05) is 13.8 Å². The largest absolute Gasteiger partial charge is 0.494 e. The van der Waals surface area contributed by atoms with Crippen LogP contribution in [0.5, 0.6) is 5.75 Å². The van der Waals surface area contributed by atoms with E-state index in [-0.39, 0.29) is 17.0 Å². The van der Waals surface area contributed by atoms with E-state index in [0.29, 0.717) is 17.9 Å². The first-order valence-corrected chi connectivity index (χ1v) is 7.88. The van der Waals surface area contributed by atoms with E-state index in [1.54, 1.807) is 18.2 Å². The van der Waals surface area contributed by atoms with Crippen molar-refractivity contribution in [2.75, 3.05) is 6.61 Å². The first kappa shape index (κ1) is 14.3. The van der Waals surface area contributed by atoms with Gasteiger partial charge < -0.3 is 10.5 Å². The molecule has 0 saturated heterocycles. The third-order valence-corrected chi connectivity index (χ3v) is 4.88. The molecule has 1 aromatic carbocycles. The molecule has 6 heteroatoms. The van der Waals surface area contributed by atoms with E-state index in [4.69, 9.17) is 10.5 Å². The lowest BCUT2D eigenvalue weighted by atomic mass is 10.2. The van der Waals surface area contributed by atoms with E-state index in [9.17, 15) is 8.42 Å². The number of rotatable bonds is 6. The third kappa shape index (κ3) is 3.26. The topological polar surface area (TPSA) is 81.4 Å². The molecule has 1 fully saturated rings. The van der Waals surface area contributed by atoms with Crippen molar-refractivity contribution < 1.29 is 13.2 Å². The molecule has 1 aliphatic carbocycles. The summed E-state index contributed by atoms with van der Waals surface area (Å²) in [6.07, 6.45) is 1.76. The Kier molecular flexibility index (Phi) is 3.85. The van der Waals surface area contributed by atoms with Gasteiger partial charge in [0.1, 0.15) is 5.75 Å². The van der Waals surface area contributed by atoms with Crippen LogP contribution in [0, 0.1) is 0 Å². The molecule has 5 nitrogen and oxygen atoms in total. The highest BCUT2D eigenvalue weighted by molar-refractivity contribution is 7.89. The fourth-order valence-corrected chi connectivity index (χ4v) is 3.37. The van der Waals surface area contributed by atoms with Gasteiger partial charge in [0.15, 0.2) is 0 Å². The number of sulfonamides is 1. The van der Waals surface area contributed by atoms with Crippen LogP contribution in [0.1, 0.15) is 32.3 Å². The van der Waals surface area contributed by atoms with Crippen molar-refractivity contribution in [1.82, 2.24) is 4.72 Å². The zero-order valence-electron chi connectivity index (χ0n) is 11.3. The van der Waals surface area contributed by atoms with Gasteiger partial charge >= 0.3 is 0 Å². The minimum atomic E-state index is -3.48. The van der Waals surface area contributed by atoms with E-state index in [2.05, 4.69) is 4.72 Å². The molecule has 106 valence electrons. The maximum Gasteiger partial charge on any atom is 0.241 e. The quantitative estimate of drug-likeness (QED) is 0.826. The van der Waals surface area contributed by atoms with Gasteiger partial charge in [-0.2, -0.15) is 0 Å². The fraction of sp³-hybridized carbons (Fsp3) is 0.538. The number of hydrogen-bond donors (Lipinski definition) is 2. The summed E-state index contributed by atoms with van der Waals surface area (Å²) in [5.74, 6) is 0.640. The first-order chi connectivity index (χ1) is 8.90.